The van der Waals surface area contributed by atoms with E-state index in [1.54, 1.807) is 19.1 Å². The van der Waals surface area contributed by atoms with Crippen molar-refractivity contribution in [3.63, 3.8) is 0 Å². The molecule has 0 bridgehead atoms. The molecule has 322 valence electrons. The molecule has 3 N–H and O–H groups in total. The molecule has 14 nitrogen and oxygen atoms in total. The summed E-state index contributed by atoms with van der Waals surface area (Å²) in [6, 6.07) is 1.73. The SMILES string of the molecule is CCC1CC(C)CCC=CC2CC2(C(=O)NS(=O)(=O)C(C)CC)NC(=O)C2CC(OC(=O)N3Cc4cccc(F)c4C3)CN2C(=O)C1NC(=O)OC(C)(C)C(C)(F)F. The van der Waals surface area contributed by atoms with Crippen molar-refractivity contribution in [1.29, 1.82) is 0 Å². The minimum atomic E-state index is -4.11. The van der Waals surface area contributed by atoms with Gasteiger partial charge in [0.15, 0.2) is 5.60 Å². The van der Waals surface area contributed by atoms with Gasteiger partial charge >= 0.3 is 12.2 Å². The van der Waals surface area contributed by atoms with Gasteiger partial charge in [0.05, 0.1) is 18.3 Å². The predicted molar refractivity (Wildman–Crippen MR) is 206 cm³/mol. The molecule has 5 amide bonds. The molecular weight excluding hydrogens is 784 g/mol. The van der Waals surface area contributed by atoms with E-state index < -0.39 is 98.1 Å². The van der Waals surface area contributed by atoms with Crippen LogP contribution >= 0.6 is 0 Å². The lowest BCUT2D eigenvalue weighted by molar-refractivity contribution is -0.152. The molecule has 0 spiro atoms. The second-order valence-electron chi connectivity index (χ2n) is 16.9. The summed E-state index contributed by atoms with van der Waals surface area (Å²) < 4.78 is 82.5. The third kappa shape index (κ3) is 9.57. The maximum absolute atomic E-state index is 14.8. The second kappa shape index (κ2) is 17.1. The number of hydrogen-bond donors (Lipinski definition) is 3. The highest BCUT2D eigenvalue weighted by molar-refractivity contribution is 7.90. The molecule has 2 fully saturated rings. The van der Waals surface area contributed by atoms with Crippen LogP contribution in [0.5, 0.6) is 0 Å². The number of nitrogens with one attached hydrogen (secondary N) is 3. The first-order valence-electron chi connectivity index (χ1n) is 20.0. The smallest absolute Gasteiger partial charge is 0.410 e. The van der Waals surface area contributed by atoms with Gasteiger partial charge in [-0.05, 0) is 76.3 Å². The van der Waals surface area contributed by atoms with Crippen LogP contribution < -0.4 is 15.4 Å². The first-order chi connectivity index (χ1) is 27.0. The molecule has 4 aliphatic rings. The van der Waals surface area contributed by atoms with E-state index in [1.807, 2.05) is 19.9 Å². The number of halogens is 3. The molecule has 3 aliphatic heterocycles. The van der Waals surface area contributed by atoms with Gasteiger partial charge in [0.2, 0.25) is 21.8 Å². The van der Waals surface area contributed by atoms with Gasteiger partial charge in [0.25, 0.3) is 11.8 Å². The Morgan fingerprint density at radius 1 is 1.10 bits per heavy atom. The maximum Gasteiger partial charge on any atom is 0.410 e. The van der Waals surface area contributed by atoms with Crippen molar-refractivity contribution in [2.75, 3.05) is 6.54 Å². The second-order valence-corrected chi connectivity index (χ2v) is 19.0. The number of allylic oxidation sites excluding steroid dienone is 1. The average Bonchev–Trinajstić information content (AvgIpc) is 3.42. The zero-order valence-corrected chi connectivity index (χ0v) is 34.9. The van der Waals surface area contributed by atoms with E-state index in [0.29, 0.717) is 43.7 Å². The summed E-state index contributed by atoms with van der Waals surface area (Å²) >= 11 is 0. The third-order valence-corrected chi connectivity index (χ3v) is 14.1. The Kier molecular flexibility index (Phi) is 13.2. The van der Waals surface area contributed by atoms with Crippen molar-refractivity contribution in [2.24, 2.45) is 17.8 Å². The topological polar surface area (TPSA) is 181 Å². The normalized spacial score (nSPS) is 28.5. The fraction of sp³-hybridized carbons (Fsp3) is 0.675. The fourth-order valence-electron chi connectivity index (χ4n) is 7.78. The van der Waals surface area contributed by atoms with Gasteiger partial charge < -0.3 is 25.0 Å². The highest BCUT2D eigenvalue weighted by atomic mass is 32.2. The Balaban J connectivity index is 1.49. The van der Waals surface area contributed by atoms with Crippen molar-refractivity contribution in [3.8, 4) is 0 Å². The largest absolute Gasteiger partial charge is 0.444 e. The minimum absolute atomic E-state index is 0.0190. The number of alkyl carbamates (subject to hydrolysis) is 1. The Bertz CT molecular complexity index is 1910. The third-order valence-electron chi connectivity index (χ3n) is 12.2. The number of sulfonamides is 1. The van der Waals surface area contributed by atoms with Gasteiger partial charge in [-0.25, -0.2) is 31.2 Å². The Hall–Kier alpha value is -4.35. The summed E-state index contributed by atoms with van der Waals surface area (Å²) in [5, 5.41) is 4.36. The molecule has 1 aromatic rings. The molecule has 1 saturated carbocycles. The minimum Gasteiger partial charge on any atom is -0.444 e. The lowest BCUT2D eigenvalue weighted by Crippen LogP contribution is -2.60. The van der Waals surface area contributed by atoms with Crippen LogP contribution in [0.1, 0.15) is 105 Å². The standard InChI is InChI=1S/C40H56F3N5O9S/c1-8-24(4)58(54,55)46-35(51)40-19-27(40)15-11-10-13-23(3)17-25(9-2)32(44-36(52)57-38(5,6)39(7,42)43)34(50)48-21-28(18-31(48)33(49)45-40)56-37(53)47-20-26-14-12-16-30(41)29(26)22-47/h11-12,14-16,23-25,27-28,31-32H,8-10,13,17-22H2,1-7H3,(H,44,52)(H,45,49)(H,46,51). The van der Waals surface area contributed by atoms with Crippen LogP contribution in [-0.4, -0.2) is 95.2 Å². The first-order valence-corrected chi connectivity index (χ1v) is 21.5. The average molecular weight is 840 g/mol. The molecular formula is C40H56F3N5O9S. The van der Waals surface area contributed by atoms with Crippen molar-refractivity contribution in [1.82, 2.24) is 25.2 Å². The number of benzene rings is 1. The monoisotopic (exact) mass is 839 g/mol. The molecule has 5 rings (SSSR count). The zero-order valence-electron chi connectivity index (χ0n) is 34.1. The number of alkyl halides is 2. The van der Waals surface area contributed by atoms with Gasteiger partial charge in [-0.2, -0.15) is 0 Å². The van der Waals surface area contributed by atoms with Crippen molar-refractivity contribution < 1.29 is 55.0 Å². The molecule has 18 heteroatoms. The maximum atomic E-state index is 14.8. The summed E-state index contributed by atoms with van der Waals surface area (Å²) in [6.07, 6.45) is 2.43. The molecule has 8 atom stereocenters. The zero-order chi connectivity index (χ0) is 43.0. The molecule has 3 heterocycles. The Morgan fingerprint density at radius 3 is 2.45 bits per heavy atom. The van der Waals surface area contributed by atoms with Gasteiger partial charge in [0, 0.05) is 31.4 Å². The summed E-state index contributed by atoms with van der Waals surface area (Å²) in [7, 11) is -4.11. The van der Waals surface area contributed by atoms with Crippen LogP contribution in [0.15, 0.2) is 30.4 Å². The predicted octanol–water partition coefficient (Wildman–Crippen LogP) is 5.30. The van der Waals surface area contributed by atoms with Crippen LogP contribution in [0.4, 0.5) is 22.8 Å². The first kappa shape index (κ1) is 44.7. The number of fused-ring (bicyclic) bond motifs is 3. The van der Waals surface area contributed by atoms with Crippen LogP contribution in [0.2, 0.25) is 0 Å². The number of carbonyl (C=O) groups excluding carboxylic acids is 5. The lowest BCUT2D eigenvalue weighted by Gasteiger charge is -2.35. The molecule has 58 heavy (non-hydrogen) atoms. The van der Waals surface area contributed by atoms with E-state index in [1.165, 1.54) is 24.0 Å². The molecule has 8 unspecified atom stereocenters. The number of amides is 5. The number of carbonyl (C=O) groups is 5. The number of hydrogen-bond acceptors (Lipinski definition) is 9. The molecule has 0 aromatic heterocycles. The highest BCUT2D eigenvalue weighted by Gasteiger charge is 2.62. The number of nitrogens with zero attached hydrogens (tertiary/aromatic N) is 2. The van der Waals surface area contributed by atoms with E-state index in [0.717, 1.165) is 18.7 Å². The van der Waals surface area contributed by atoms with E-state index in [2.05, 4.69) is 15.4 Å². The van der Waals surface area contributed by atoms with Crippen molar-refractivity contribution >= 4 is 39.9 Å². The molecule has 1 aliphatic carbocycles. The van der Waals surface area contributed by atoms with Gasteiger partial charge in [0.1, 0.15) is 29.5 Å². The summed E-state index contributed by atoms with van der Waals surface area (Å²) in [5.41, 5.74) is -3.00. The summed E-state index contributed by atoms with van der Waals surface area (Å²) in [5.74, 6) is -7.62. The van der Waals surface area contributed by atoms with Crippen LogP contribution in [-0.2, 0) is 47.0 Å². The highest BCUT2D eigenvalue weighted by Crippen LogP contribution is 2.46. The fourth-order valence-corrected chi connectivity index (χ4v) is 8.86. The Labute approximate surface area is 338 Å². The molecule has 1 saturated heterocycles. The van der Waals surface area contributed by atoms with Crippen molar-refractivity contribution in [2.45, 2.75) is 147 Å². The van der Waals surface area contributed by atoms with Crippen LogP contribution in [0.25, 0.3) is 0 Å². The van der Waals surface area contributed by atoms with E-state index in [9.17, 15) is 45.6 Å². The summed E-state index contributed by atoms with van der Waals surface area (Å²) in [4.78, 5) is 72.3. The van der Waals surface area contributed by atoms with E-state index in [4.69, 9.17) is 9.47 Å². The van der Waals surface area contributed by atoms with Gasteiger partial charge in [-0.15, -0.1) is 0 Å². The molecule has 1 aromatic carbocycles. The Morgan fingerprint density at radius 2 is 1.81 bits per heavy atom. The number of rotatable bonds is 9. The molecule has 0 radical (unpaired) electrons. The van der Waals surface area contributed by atoms with E-state index >= 15 is 0 Å². The van der Waals surface area contributed by atoms with Crippen LogP contribution in [0.3, 0.4) is 0 Å². The summed E-state index contributed by atoms with van der Waals surface area (Å²) in [6.45, 7) is 9.22. The lowest BCUT2D eigenvalue weighted by atomic mass is 9.85. The van der Waals surface area contributed by atoms with Gasteiger partial charge in [-0.1, -0.05) is 51.5 Å². The number of ether oxygens (including phenoxy) is 2. The van der Waals surface area contributed by atoms with Gasteiger partial charge in [-0.3, -0.25) is 24.0 Å². The van der Waals surface area contributed by atoms with Crippen LogP contribution in [0, 0.1) is 23.6 Å². The van der Waals surface area contributed by atoms with E-state index in [-0.39, 0.29) is 44.8 Å². The quantitative estimate of drug-likeness (QED) is 0.278. The van der Waals surface area contributed by atoms with Crippen molar-refractivity contribution in [3.05, 3.63) is 47.3 Å².